The summed E-state index contributed by atoms with van der Waals surface area (Å²) < 4.78 is 1.35. The first-order valence-corrected chi connectivity index (χ1v) is 8.35. The van der Waals surface area contributed by atoms with Crippen LogP contribution >= 0.6 is 11.6 Å². The van der Waals surface area contributed by atoms with Crippen LogP contribution in [0, 0.1) is 0 Å². The first-order valence-electron chi connectivity index (χ1n) is 7.97. The van der Waals surface area contributed by atoms with Crippen LogP contribution in [-0.2, 0) is 13.6 Å². The number of halogens is 1. The lowest BCUT2D eigenvalue weighted by molar-refractivity contribution is 0.0608. The summed E-state index contributed by atoms with van der Waals surface area (Å²) in [5.74, 6) is -1.47. The fraction of sp³-hybridized carbons (Fsp3) is 0.353. The van der Waals surface area contributed by atoms with Gasteiger partial charge in [0.1, 0.15) is 0 Å². The normalized spacial score (nSPS) is 15.4. The van der Waals surface area contributed by atoms with Crippen molar-refractivity contribution in [2.24, 2.45) is 7.05 Å². The Morgan fingerprint density at radius 1 is 1.16 bits per heavy atom. The fourth-order valence-electron chi connectivity index (χ4n) is 2.93. The quantitative estimate of drug-likeness (QED) is 0.896. The smallest absolute Gasteiger partial charge is 0.357 e. The lowest BCUT2D eigenvalue weighted by Gasteiger charge is -2.34. The van der Waals surface area contributed by atoms with Crippen LogP contribution in [0.25, 0.3) is 0 Å². The lowest BCUT2D eigenvalue weighted by atomic mass is 10.1. The second kappa shape index (κ2) is 7.25. The van der Waals surface area contributed by atoms with Crippen molar-refractivity contribution in [3.05, 3.63) is 52.3 Å². The zero-order valence-electron chi connectivity index (χ0n) is 13.9. The second-order valence-electron chi connectivity index (χ2n) is 6.07. The molecule has 8 heteroatoms. The van der Waals surface area contributed by atoms with E-state index in [0.29, 0.717) is 18.1 Å². The number of rotatable bonds is 4. The molecule has 0 spiro atoms. The first kappa shape index (κ1) is 17.4. The number of nitrogens with zero attached hydrogens (tertiary/aromatic N) is 4. The third kappa shape index (κ3) is 4.00. The van der Waals surface area contributed by atoms with Crippen LogP contribution in [0.1, 0.15) is 26.4 Å². The highest BCUT2D eigenvalue weighted by Gasteiger charge is 2.27. The number of hydrogen-bond acceptors (Lipinski definition) is 4. The van der Waals surface area contributed by atoms with Crippen LogP contribution in [0.4, 0.5) is 0 Å². The van der Waals surface area contributed by atoms with Crippen LogP contribution in [0.2, 0.25) is 5.02 Å². The molecule has 1 N–H and O–H groups in total. The van der Waals surface area contributed by atoms with Crippen LogP contribution in [0.3, 0.4) is 0 Å². The topological polar surface area (TPSA) is 78.7 Å². The van der Waals surface area contributed by atoms with Crippen molar-refractivity contribution in [1.29, 1.82) is 0 Å². The number of piperazine rings is 1. The Morgan fingerprint density at radius 2 is 1.80 bits per heavy atom. The standard InChI is InChI=1S/C17H19ClN4O3/c1-20-11-14(15(19-20)17(24)25)16(23)22-8-6-21(7-9-22)10-12-2-4-13(18)5-3-12/h2-5,11H,6-10H2,1H3,(H,24,25). The fourth-order valence-corrected chi connectivity index (χ4v) is 3.06. The average Bonchev–Trinajstić information content (AvgIpc) is 2.99. The van der Waals surface area contributed by atoms with Gasteiger partial charge in [0.25, 0.3) is 5.91 Å². The van der Waals surface area contributed by atoms with E-state index in [1.165, 1.54) is 16.4 Å². The summed E-state index contributed by atoms with van der Waals surface area (Å²) >= 11 is 5.90. The third-order valence-corrected chi connectivity index (χ3v) is 4.49. The summed E-state index contributed by atoms with van der Waals surface area (Å²) in [5, 5.41) is 13.8. The van der Waals surface area contributed by atoms with Crippen molar-refractivity contribution in [1.82, 2.24) is 19.6 Å². The predicted molar refractivity (Wildman–Crippen MR) is 92.8 cm³/mol. The minimum atomic E-state index is -1.19. The number of hydrogen-bond donors (Lipinski definition) is 1. The summed E-state index contributed by atoms with van der Waals surface area (Å²) in [4.78, 5) is 27.8. The summed E-state index contributed by atoms with van der Waals surface area (Å²) in [6.45, 7) is 3.38. The summed E-state index contributed by atoms with van der Waals surface area (Å²) in [6.07, 6.45) is 1.46. The second-order valence-corrected chi connectivity index (χ2v) is 6.50. The van der Waals surface area contributed by atoms with Crippen molar-refractivity contribution < 1.29 is 14.7 Å². The SMILES string of the molecule is Cn1cc(C(=O)N2CCN(Cc3ccc(Cl)cc3)CC2)c(C(=O)O)n1. The van der Waals surface area contributed by atoms with Crippen molar-refractivity contribution in [3.63, 3.8) is 0 Å². The van der Waals surface area contributed by atoms with Gasteiger partial charge in [-0.2, -0.15) is 5.10 Å². The van der Waals surface area contributed by atoms with Gasteiger partial charge in [-0.15, -0.1) is 0 Å². The van der Waals surface area contributed by atoms with Gasteiger partial charge in [0.15, 0.2) is 5.69 Å². The highest BCUT2D eigenvalue weighted by atomic mass is 35.5. The molecule has 1 aliphatic heterocycles. The summed E-state index contributed by atoms with van der Waals surface area (Å²) in [7, 11) is 1.60. The van der Waals surface area contributed by atoms with E-state index in [9.17, 15) is 14.7 Å². The zero-order chi connectivity index (χ0) is 18.0. The lowest BCUT2D eigenvalue weighted by Crippen LogP contribution is -2.48. The number of carboxylic acid groups (broad SMARTS) is 1. The number of amides is 1. The van der Waals surface area contributed by atoms with Gasteiger partial charge >= 0.3 is 5.97 Å². The molecule has 0 unspecified atom stereocenters. The molecule has 7 nitrogen and oxygen atoms in total. The summed E-state index contributed by atoms with van der Waals surface area (Å²) in [5.41, 5.74) is 1.11. The Kier molecular flexibility index (Phi) is 5.06. The van der Waals surface area contributed by atoms with Crippen LogP contribution in [0.15, 0.2) is 30.5 Å². The van der Waals surface area contributed by atoms with Gasteiger partial charge in [-0.3, -0.25) is 14.4 Å². The van der Waals surface area contributed by atoms with Crippen molar-refractivity contribution >= 4 is 23.5 Å². The molecule has 2 aromatic rings. The van der Waals surface area contributed by atoms with E-state index in [2.05, 4.69) is 10.00 Å². The maximum atomic E-state index is 12.6. The largest absolute Gasteiger partial charge is 0.476 e. The molecule has 3 rings (SSSR count). The first-order chi connectivity index (χ1) is 11.9. The molecule has 1 aromatic heterocycles. The number of benzene rings is 1. The van der Waals surface area contributed by atoms with Crippen LogP contribution in [-0.4, -0.2) is 62.7 Å². The van der Waals surface area contributed by atoms with Crippen LogP contribution < -0.4 is 0 Å². The molecule has 132 valence electrons. The molecule has 0 radical (unpaired) electrons. The third-order valence-electron chi connectivity index (χ3n) is 4.24. The van der Waals surface area contributed by atoms with E-state index < -0.39 is 5.97 Å². The van der Waals surface area contributed by atoms with E-state index in [-0.39, 0.29) is 17.2 Å². The molecule has 1 aliphatic rings. The molecule has 1 fully saturated rings. The monoisotopic (exact) mass is 362 g/mol. The molecule has 2 heterocycles. The van der Waals surface area contributed by atoms with Gasteiger partial charge in [-0.05, 0) is 17.7 Å². The van der Waals surface area contributed by atoms with E-state index in [1.54, 1.807) is 11.9 Å². The Bertz CT molecular complexity index is 780. The Balaban J connectivity index is 1.61. The average molecular weight is 363 g/mol. The van der Waals surface area contributed by atoms with Crippen LogP contribution in [0.5, 0.6) is 0 Å². The molecular formula is C17H19ClN4O3. The highest BCUT2D eigenvalue weighted by molar-refractivity contribution is 6.30. The molecule has 0 saturated carbocycles. The molecule has 1 amide bonds. The van der Waals surface area contributed by atoms with Gasteiger partial charge in [0, 0.05) is 51.0 Å². The summed E-state index contributed by atoms with van der Waals surface area (Å²) in [6, 6.07) is 7.72. The van der Waals surface area contributed by atoms with Crippen molar-refractivity contribution in [2.75, 3.05) is 26.2 Å². The van der Waals surface area contributed by atoms with E-state index in [4.69, 9.17) is 11.6 Å². The van der Waals surface area contributed by atoms with Gasteiger partial charge in [0.05, 0.1) is 5.56 Å². The Hall–Kier alpha value is -2.38. The molecule has 1 saturated heterocycles. The van der Waals surface area contributed by atoms with E-state index in [0.717, 1.165) is 19.6 Å². The number of carboxylic acids is 1. The maximum absolute atomic E-state index is 12.6. The van der Waals surface area contributed by atoms with Gasteiger partial charge in [-0.1, -0.05) is 23.7 Å². The minimum Gasteiger partial charge on any atom is -0.476 e. The number of carbonyl (C=O) groups excluding carboxylic acids is 1. The van der Waals surface area contributed by atoms with Gasteiger partial charge < -0.3 is 10.0 Å². The Morgan fingerprint density at radius 3 is 2.40 bits per heavy atom. The van der Waals surface area contributed by atoms with Crippen molar-refractivity contribution in [3.8, 4) is 0 Å². The van der Waals surface area contributed by atoms with Crippen molar-refractivity contribution in [2.45, 2.75) is 6.54 Å². The maximum Gasteiger partial charge on any atom is 0.357 e. The molecule has 1 aromatic carbocycles. The van der Waals surface area contributed by atoms with Gasteiger partial charge in [-0.25, -0.2) is 4.79 Å². The predicted octanol–water partition coefficient (Wildman–Crippen LogP) is 1.73. The number of aromatic nitrogens is 2. The molecule has 25 heavy (non-hydrogen) atoms. The van der Waals surface area contributed by atoms with E-state index >= 15 is 0 Å². The molecule has 0 atom stereocenters. The van der Waals surface area contributed by atoms with Gasteiger partial charge in [0.2, 0.25) is 0 Å². The molecular weight excluding hydrogens is 344 g/mol. The molecule has 0 bridgehead atoms. The van der Waals surface area contributed by atoms with E-state index in [1.807, 2.05) is 24.3 Å². The molecule has 0 aliphatic carbocycles. The number of aryl methyl sites for hydroxylation is 1. The number of carbonyl (C=O) groups is 2. The zero-order valence-corrected chi connectivity index (χ0v) is 14.6. The number of aromatic carboxylic acids is 1. The minimum absolute atomic E-state index is 0.140. The highest BCUT2D eigenvalue weighted by Crippen LogP contribution is 2.15. The Labute approximate surface area is 150 Å².